The molecule has 0 N–H and O–H groups in total. The van der Waals surface area contributed by atoms with Crippen LogP contribution in [0.1, 0.15) is 34.8 Å². The van der Waals surface area contributed by atoms with Crippen LogP contribution >= 0.6 is 23.2 Å². The molecule has 0 spiro atoms. The number of aryl methyl sites for hydroxylation is 1. The zero-order chi connectivity index (χ0) is 13.8. The number of ketones is 1. The van der Waals surface area contributed by atoms with Crippen molar-refractivity contribution >= 4 is 29.0 Å². The average Bonchev–Trinajstić information content (AvgIpc) is 2.39. The summed E-state index contributed by atoms with van der Waals surface area (Å²) in [5.74, 6) is -0.131. The van der Waals surface area contributed by atoms with Gasteiger partial charge in [0, 0.05) is 5.56 Å². The summed E-state index contributed by atoms with van der Waals surface area (Å²) in [6.45, 7) is 2.11. The Morgan fingerprint density at radius 1 is 1.05 bits per heavy atom. The number of halogens is 2. The van der Waals surface area contributed by atoms with E-state index in [0.29, 0.717) is 21.2 Å². The van der Waals surface area contributed by atoms with Gasteiger partial charge in [0.05, 0.1) is 15.6 Å². The minimum Gasteiger partial charge on any atom is -0.288 e. The maximum Gasteiger partial charge on any atom is 0.196 e. The molecule has 0 aromatic heterocycles. The Morgan fingerprint density at radius 3 is 2.32 bits per heavy atom. The van der Waals surface area contributed by atoms with E-state index in [0.717, 1.165) is 18.4 Å². The van der Waals surface area contributed by atoms with Gasteiger partial charge in [0.15, 0.2) is 5.78 Å². The van der Waals surface area contributed by atoms with E-state index in [-0.39, 0.29) is 5.78 Å². The van der Waals surface area contributed by atoms with Gasteiger partial charge in [-0.2, -0.15) is 0 Å². The number of carbonyl (C=O) groups is 1. The van der Waals surface area contributed by atoms with Crippen LogP contribution in [0.25, 0.3) is 0 Å². The zero-order valence-electron chi connectivity index (χ0n) is 10.6. The lowest BCUT2D eigenvalue weighted by Gasteiger charge is -2.07. The predicted octanol–water partition coefficient (Wildman–Crippen LogP) is 5.18. The number of hydrogen-bond acceptors (Lipinski definition) is 1. The van der Waals surface area contributed by atoms with Crippen molar-refractivity contribution < 1.29 is 4.79 Å². The van der Waals surface area contributed by atoms with Gasteiger partial charge in [-0.05, 0) is 30.2 Å². The first-order valence-electron chi connectivity index (χ1n) is 6.21. The van der Waals surface area contributed by atoms with Crippen molar-refractivity contribution in [3.8, 4) is 0 Å². The molecule has 0 bridgehead atoms. The third kappa shape index (κ3) is 3.17. The van der Waals surface area contributed by atoms with E-state index < -0.39 is 0 Å². The lowest BCUT2D eigenvalue weighted by Crippen LogP contribution is -2.04. The molecule has 98 valence electrons. The molecule has 0 aliphatic carbocycles. The van der Waals surface area contributed by atoms with Crippen LogP contribution in [0.3, 0.4) is 0 Å². The second kappa shape index (κ2) is 6.23. The fraction of sp³-hybridized carbons (Fsp3) is 0.188. The Bertz CT molecular complexity index is 585. The number of hydrogen-bond donors (Lipinski definition) is 0. The summed E-state index contributed by atoms with van der Waals surface area (Å²) in [4.78, 5) is 12.5. The first kappa shape index (κ1) is 14.1. The molecular formula is C16H14Cl2O. The van der Waals surface area contributed by atoms with Crippen molar-refractivity contribution in [2.24, 2.45) is 0 Å². The largest absolute Gasteiger partial charge is 0.288 e. The van der Waals surface area contributed by atoms with E-state index >= 15 is 0 Å². The highest BCUT2D eigenvalue weighted by atomic mass is 35.5. The molecule has 1 nitrogen and oxygen atoms in total. The summed E-state index contributed by atoms with van der Waals surface area (Å²) in [7, 11) is 0. The van der Waals surface area contributed by atoms with Crippen molar-refractivity contribution in [2.75, 3.05) is 0 Å². The van der Waals surface area contributed by atoms with Gasteiger partial charge >= 0.3 is 0 Å². The Kier molecular flexibility index (Phi) is 4.62. The monoisotopic (exact) mass is 292 g/mol. The molecule has 0 atom stereocenters. The van der Waals surface area contributed by atoms with Gasteiger partial charge < -0.3 is 0 Å². The highest BCUT2D eigenvalue weighted by Gasteiger charge is 2.16. The fourth-order valence-corrected chi connectivity index (χ4v) is 2.58. The van der Waals surface area contributed by atoms with E-state index in [1.165, 1.54) is 0 Å². The molecule has 0 saturated heterocycles. The maximum atomic E-state index is 12.5. The second-order valence-electron chi connectivity index (χ2n) is 4.38. The smallest absolute Gasteiger partial charge is 0.196 e. The normalized spacial score (nSPS) is 10.5. The first-order chi connectivity index (χ1) is 9.13. The minimum atomic E-state index is -0.131. The van der Waals surface area contributed by atoms with E-state index in [2.05, 4.69) is 6.92 Å². The molecule has 0 aliphatic rings. The fourth-order valence-electron chi connectivity index (χ4n) is 2.02. The molecule has 2 aromatic carbocycles. The van der Waals surface area contributed by atoms with E-state index in [1.807, 2.05) is 18.2 Å². The van der Waals surface area contributed by atoms with Crippen molar-refractivity contribution in [3.63, 3.8) is 0 Å². The molecular weight excluding hydrogens is 279 g/mol. The van der Waals surface area contributed by atoms with Crippen LogP contribution < -0.4 is 0 Å². The topological polar surface area (TPSA) is 17.1 Å². The molecule has 0 amide bonds. The van der Waals surface area contributed by atoms with Crippen LogP contribution in [-0.2, 0) is 6.42 Å². The molecule has 0 fully saturated rings. The molecule has 0 unspecified atom stereocenters. The highest BCUT2D eigenvalue weighted by molar-refractivity contribution is 6.41. The summed E-state index contributed by atoms with van der Waals surface area (Å²) in [6.07, 6.45) is 2.00. The molecule has 2 aromatic rings. The second-order valence-corrected chi connectivity index (χ2v) is 5.19. The Balaban J connectivity index is 2.41. The van der Waals surface area contributed by atoms with Gasteiger partial charge in [0.25, 0.3) is 0 Å². The van der Waals surface area contributed by atoms with Gasteiger partial charge in [-0.25, -0.2) is 0 Å². The molecule has 2 rings (SSSR count). The number of carbonyl (C=O) groups excluding carboxylic acids is 1. The molecule has 0 heterocycles. The Morgan fingerprint density at radius 2 is 1.68 bits per heavy atom. The van der Waals surface area contributed by atoms with Crippen LogP contribution in [0.2, 0.25) is 10.0 Å². The van der Waals surface area contributed by atoms with E-state index in [4.69, 9.17) is 23.2 Å². The lowest BCUT2D eigenvalue weighted by molar-refractivity contribution is 0.103. The van der Waals surface area contributed by atoms with Gasteiger partial charge in [-0.15, -0.1) is 0 Å². The maximum absolute atomic E-state index is 12.5. The summed E-state index contributed by atoms with van der Waals surface area (Å²) in [5, 5.41) is 0.775. The summed E-state index contributed by atoms with van der Waals surface area (Å²) in [5.41, 5.74) is 2.15. The van der Waals surface area contributed by atoms with Gasteiger partial charge in [0.1, 0.15) is 0 Å². The minimum absolute atomic E-state index is 0.131. The van der Waals surface area contributed by atoms with Crippen LogP contribution in [0, 0.1) is 0 Å². The standard InChI is InChI=1S/C16H14Cl2O/c1-2-5-11-6-3-7-12(10-11)16(19)15-13(17)8-4-9-14(15)18/h3-4,6-10H,2,5H2,1H3. The molecule has 19 heavy (non-hydrogen) atoms. The van der Waals surface area contributed by atoms with Crippen molar-refractivity contribution in [1.82, 2.24) is 0 Å². The first-order valence-corrected chi connectivity index (χ1v) is 6.96. The third-order valence-corrected chi connectivity index (χ3v) is 3.55. The summed E-state index contributed by atoms with van der Waals surface area (Å²) >= 11 is 12.1. The van der Waals surface area contributed by atoms with E-state index in [1.54, 1.807) is 24.3 Å². The van der Waals surface area contributed by atoms with Gasteiger partial charge in [-0.1, -0.05) is 60.8 Å². The van der Waals surface area contributed by atoms with Crippen LogP contribution in [0.4, 0.5) is 0 Å². The lowest BCUT2D eigenvalue weighted by atomic mass is 10.00. The molecule has 0 radical (unpaired) electrons. The average molecular weight is 293 g/mol. The highest BCUT2D eigenvalue weighted by Crippen LogP contribution is 2.27. The Labute approximate surface area is 123 Å². The zero-order valence-corrected chi connectivity index (χ0v) is 12.1. The molecule has 3 heteroatoms. The number of rotatable bonds is 4. The van der Waals surface area contributed by atoms with Crippen LogP contribution in [0.5, 0.6) is 0 Å². The predicted molar refractivity (Wildman–Crippen MR) is 80.3 cm³/mol. The SMILES string of the molecule is CCCc1cccc(C(=O)c2c(Cl)cccc2Cl)c1. The molecule has 0 aliphatic heterocycles. The quantitative estimate of drug-likeness (QED) is 0.710. The van der Waals surface area contributed by atoms with Crippen molar-refractivity contribution in [1.29, 1.82) is 0 Å². The summed E-state index contributed by atoms with van der Waals surface area (Å²) in [6, 6.07) is 12.7. The van der Waals surface area contributed by atoms with Crippen LogP contribution in [-0.4, -0.2) is 5.78 Å². The van der Waals surface area contributed by atoms with E-state index in [9.17, 15) is 4.79 Å². The summed E-state index contributed by atoms with van der Waals surface area (Å²) < 4.78 is 0. The van der Waals surface area contributed by atoms with Gasteiger partial charge in [0.2, 0.25) is 0 Å². The molecule has 0 saturated carbocycles. The Hall–Kier alpha value is -1.31. The van der Waals surface area contributed by atoms with Crippen LogP contribution in [0.15, 0.2) is 42.5 Å². The van der Waals surface area contributed by atoms with Gasteiger partial charge in [-0.3, -0.25) is 4.79 Å². The number of benzene rings is 2. The third-order valence-electron chi connectivity index (χ3n) is 2.92. The van der Waals surface area contributed by atoms with Crippen molar-refractivity contribution in [3.05, 3.63) is 69.2 Å². The van der Waals surface area contributed by atoms with Crippen molar-refractivity contribution in [2.45, 2.75) is 19.8 Å².